The van der Waals surface area contributed by atoms with Crippen LogP contribution in [0.2, 0.25) is 0 Å². The van der Waals surface area contributed by atoms with E-state index in [-0.39, 0.29) is 28.8 Å². The van der Waals surface area contributed by atoms with Crippen LogP contribution in [0.25, 0.3) is 0 Å². The Labute approximate surface area is 159 Å². The third-order valence-electron chi connectivity index (χ3n) is 4.38. The number of carbonyl (C=O) groups is 2. The van der Waals surface area contributed by atoms with Crippen LogP contribution in [-0.2, 0) is 10.9 Å². The molecule has 2 amide bonds. The van der Waals surface area contributed by atoms with E-state index in [1.165, 1.54) is 42.5 Å². The van der Waals surface area contributed by atoms with Crippen molar-refractivity contribution < 1.29 is 27.5 Å². The number of alkyl halides is 3. The van der Waals surface area contributed by atoms with Gasteiger partial charge in [0, 0.05) is 24.3 Å². The van der Waals surface area contributed by atoms with Gasteiger partial charge in [-0.05, 0) is 43.2 Å². The largest absolute Gasteiger partial charge is 0.418 e. The molecule has 28 heavy (non-hydrogen) atoms. The fourth-order valence-electron chi connectivity index (χ4n) is 2.95. The Bertz CT molecular complexity index is 862. The molecule has 3 rings (SSSR count). The second kappa shape index (κ2) is 8.43. The van der Waals surface area contributed by atoms with Gasteiger partial charge < -0.3 is 15.4 Å². The summed E-state index contributed by atoms with van der Waals surface area (Å²) in [7, 11) is 0. The van der Waals surface area contributed by atoms with Crippen LogP contribution in [0.3, 0.4) is 0 Å². The summed E-state index contributed by atoms with van der Waals surface area (Å²) in [4.78, 5) is 24.7. The Morgan fingerprint density at radius 3 is 2.43 bits per heavy atom. The van der Waals surface area contributed by atoms with Crippen LogP contribution in [0.15, 0.2) is 48.5 Å². The number of hydrogen-bond donors (Lipinski definition) is 2. The normalized spacial score (nSPS) is 16.6. The minimum atomic E-state index is -4.59. The molecule has 2 aromatic rings. The highest BCUT2D eigenvalue weighted by Gasteiger charge is 2.33. The minimum Gasteiger partial charge on any atom is -0.376 e. The van der Waals surface area contributed by atoms with E-state index in [1.807, 2.05) is 0 Å². The number of halogens is 3. The zero-order chi connectivity index (χ0) is 20.1. The van der Waals surface area contributed by atoms with Crippen LogP contribution in [0, 0.1) is 0 Å². The molecule has 0 aromatic heterocycles. The second-order valence-corrected chi connectivity index (χ2v) is 6.42. The number of hydrogen-bond acceptors (Lipinski definition) is 3. The molecule has 1 unspecified atom stereocenters. The maximum absolute atomic E-state index is 13.1. The predicted molar refractivity (Wildman–Crippen MR) is 97.1 cm³/mol. The summed E-state index contributed by atoms with van der Waals surface area (Å²) in [5.74, 6) is -1.11. The molecule has 0 bridgehead atoms. The number of amides is 2. The van der Waals surface area contributed by atoms with Crippen molar-refractivity contribution in [3.63, 3.8) is 0 Å². The highest BCUT2D eigenvalue weighted by molar-refractivity contribution is 6.06. The van der Waals surface area contributed by atoms with Crippen LogP contribution in [0.1, 0.15) is 39.1 Å². The molecule has 1 fully saturated rings. The summed E-state index contributed by atoms with van der Waals surface area (Å²) in [6.45, 7) is 1.05. The fraction of sp³-hybridized carbons (Fsp3) is 0.300. The average molecular weight is 392 g/mol. The lowest BCUT2D eigenvalue weighted by Crippen LogP contribution is -2.31. The van der Waals surface area contributed by atoms with Gasteiger partial charge in [0.25, 0.3) is 11.8 Å². The number of carbonyl (C=O) groups excluding carboxylic acids is 2. The SMILES string of the molecule is O=C(NCC1CCCO1)c1cccc(C(=O)Nc2ccccc2C(F)(F)F)c1. The maximum Gasteiger partial charge on any atom is 0.418 e. The molecule has 0 saturated carbocycles. The molecule has 0 radical (unpaired) electrons. The summed E-state index contributed by atoms with van der Waals surface area (Å²) in [6, 6.07) is 10.5. The summed E-state index contributed by atoms with van der Waals surface area (Å²) >= 11 is 0. The first-order valence-electron chi connectivity index (χ1n) is 8.82. The number of para-hydroxylation sites is 1. The van der Waals surface area contributed by atoms with Gasteiger partial charge in [-0.2, -0.15) is 13.2 Å². The Morgan fingerprint density at radius 1 is 1.04 bits per heavy atom. The van der Waals surface area contributed by atoms with Gasteiger partial charge in [-0.1, -0.05) is 18.2 Å². The number of benzene rings is 2. The van der Waals surface area contributed by atoms with Crippen molar-refractivity contribution in [3.05, 3.63) is 65.2 Å². The van der Waals surface area contributed by atoms with E-state index in [4.69, 9.17) is 4.74 Å². The van der Waals surface area contributed by atoms with Crippen LogP contribution >= 0.6 is 0 Å². The standard InChI is InChI=1S/C20H19F3N2O3/c21-20(22,23)16-8-1-2-9-17(16)25-19(27)14-6-3-5-13(11-14)18(26)24-12-15-7-4-10-28-15/h1-3,5-6,8-9,11,15H,4,7,10,12H2,(H,24,26)(H,25,27). The van der Waals surface area contributed by atoms with E-state index < -0.39 is 17.6 Å². The van der Waals surface area contributed by atoms with Crippen molar-refractivity contribution in [3.8, 4) is 0 Å². The van der Waals surface area contributed by atoms with E-state index in [0.29, 0.717) is 13.2 Å². The Kier molecular flexibility index (Phi) is 5.99. The monoisotopic (exact) mass is 392 g/mol. The first-order chi connectivity index (χ1) is 13.3. The lowest BCUT2D eigenvalue weighted by atomic mass is 10.1. The molecule has 0 spiro atoms. The first kappa shape index (κ1) is 19.9. The molecule has 1 atom stereocenters. The molecule has 1 saturated heterocycles. The Hall–Kier alpha value is -2.87. The third kappa shape index (κ3) is 4.89. The van der Waals surface area contributed by atoms with Crippen molar-refractivity contribution in [1.82, 2.24) is 5.32 Å². The molecular weight excluding hydrogens is 373 g/mol. The molecule has 1 aliphatic heterocycles. The van der Waals surface area contributed by atoms with Gasteiger partial charge in [0.1, 0.15) is 0 Å². The van der Waals surface area contributed by atoms with Crippen LogP contribution in [0.5, 0.6) is 0 Å². The first-order valence-corrected chi connectivity index (χ1v) is 8.82. The zero-order valence-electron chi connectivity index (χ0n) is 14.9. The van der Waals surface area contributed by atoms with Gasteiger partial charge >= 0.3 is 6.18 Å². The molecule has 2 N–H and O–H groups in total. The van der Waals surface area contributed by atoms with Gasteiger partial charge in [0.05, 0.1) is 17.4 Å². The lowest BCUT2D eigenvalue weighted by molar-refractivity contribution is -0.136. The van der Waals surface area contributed by atoms with Crippen molar-refractivity contribution in [2.24, 2.45) is 0 Å². The molecule has 2 aromatic carbocycles. The maximum atomic E-state index is 13.1. The van der Waals surface area contributed by atoms with Crippen molar-refractivity contribution >= 4 is 17.5 Å². The topological polar surface area (TPSA) is 67.4 Å². The van der Waals surface area contributed by atoms with E-state index in [2.05, 4.69) is 10.6 Å². The van der Waals surface area contributed by atoms with Gasteiger partial charge in [0.15, 0.2) is 0 Å². The van der Waals surface area contributed by atoms with Crippen molar-refractivity contribution in [2.45, 2.75) is 25.1 Å². The van der Waals surface area contributed by atoms with Crippen LogP contribution in [-0.4, -0.2) is 31.1 Å². The van der Waals surface area contributed by atoms with Crippen LogP contribution in [0.4, 0.5) is 18.9 Å². The summed E-state index contributed by atoms with van der Waals surface area (Å²) in [5, 5.41) is 5.01. The van der Waals surface area contributed by atoms with Gasteiger partial charge in [-0.3, -0.25) is 9.59 Å². The smallest absolute Gasteiger partial charge is 0.376 e. The molecule has 5 nitrogen and oxygen atoms in total. The molecule has 8 heteroatoms. The predicted octanol–water partition coefficient (Wildman–Crippen LogP) is 3.87. The molecular formula is C20H19F3N2O3. The van der Waals surface area contributed by atoms with Gasteiger partial charge in [-0.15, -0.1) is 0 Å². The van der Waals surface area contributed by atoms with E-state index in [1.54, 1.807) is 0 Å². The highest BCUT2D eigenvalue weighted by atomic mass is 19.4. The van der Waals surface area contributed by atoms with E-state index in [9.17, 15) is 22.8 Å². The zero-order valence-corrected chi connectivity index (χ0v) is 14.9. The molecule has 1 aliphatic rings. The quantitative estimate of drug-likeness (QED) is 0.812. The number of rotatable bonds is 5. The van der Waals surface area contributed by atoms with Crippen molar-refractivity contribution in [2.75, 3.05) is 18.5 Å². The number of ether oxygens (including phenoxy) is 1. The van der Waals surface area contributed by atoms with Crippen LogP contribution < -0.4 is 10.6 Å². The Balaban J connectivity index is 1.70. The van der Waals surface area contributed by atoms with Gasteiger partial charge in [0.2, 0.25) is 0 Å². The summed E-state index contributed by atoms with van der Waals surface area (Å²) < 4.78 is 44.6. The lowest BCUT2D eigenvalue weighted by Gasteiger charge is -2.14. The van der Waals surface area contributed by atoms with Crippen molar-refractivity contribution in [1.29, 1.82) is 0 Å². The Morgan fingerprint density at radius 2 is 1.75 bits per heavy atom. The molecule has 0 aliphatic carbocycles. The summed E-state index contributed by atoms with van der Waals surface area (Å²) in [5.41, 5.74) is -0.946. The van der Waals surface area contributed by atoms with E-state index in [0.717, 1.165) is 18.9 Å². The second-order valence-electron chi connectivity index (χ2n) is 6.42. The summed E-state index contributed by atoms with van der Waals surface area (Å²) in [6.07, 6.45) is -2.78. The highest BCUT2D eigenvalue weighted by Crippen LogP contribution is 2.34. The minimum absolute atomic E-state index is 0.0192. The number of nitrogens with one attached hydrogen (secondary N) is 2. The fourth-order valence-corrected chi connectivity index (χ4v) is 2.95. The third-order valence-corrected chi connectivity index (χ3v) is 4.38. The average Bonchev–Trinajstić information content (AvgIpc) is 3.19. The van der Waals surface area contributed by atoms with Gasteiger partial charge in [-0.25, -0.2) is 0 Å². The molecule has 148 valence electrons. The number of anilines is 1. The van der Waals surface area contributed by atoms with E-state index >= 15 is 0 Å². The molecule has 1 heterocycles.